The van der Waals surface area contributed by atoms with Crippen molar-refractivity contribution in [3.8, 4) is 0 Å². The molecule has 0 unspecified atom stereocenters. The molecule has 122 valence electrons. The summed E-state index contributed by atoms with van der Waals surface area (Å²) in [5.74, 6) is 0. The molecule has 0 saturated carbocycles. The Bertz CT molecular complexity index is 965. The standard InChI is InChI=1S/C25H17N/c1-3-11-19(12-4-1)25(20-13-5-2-6-14-20)21-15-7-9-17-23(21)26-24-18-10-8-16-22(24)25/h1-9,11-17,26H. The Morgan fingerprint density at radius 3 is 1.92 bits per heavy atom. The van der Waals surface area contributed by atoms with Gasteiger partial charge in [0.15, 0.2) is 0 Å². The van der Waals surface area contributed by atoms with Gasteiger partial charge < -0.3 is 5.32 Å². The van der Waals surface area contributed by atoms with Crippen LogP contribution in [0, 0.1) is 12.1 Å². The van der Waals surface area contributed by atoms with Gasteiger partial charge in [0, 0.05) is 11.3 Å². The predicted octanol–water partition coefficient (Wildman–Crippen LogP) is 5.73. The molecule has 1 heteroatoms. The maximum atomic E-state index is 3.55. The number of benzene rings is 3. The molecule has 0 aliphatic carbocycles. The van der Waals surface area contributed by atoms with Crippen molar-refractivity contribution in [1.82, 2.24) is 0 Å². The van der Waals surface area contributed by atoms with Crippen LogP contribution in [0.4, 0.5) is 11.4 Å². The zero-order valence-electron chi connectivity index (χ0n) is 14.2. The summed E-state index contributed by atoms with van der Waals surface area (Å²) in [6, 6.07) is 40.5. The number of hydrogen-bond acceptors (Lipinski definition) is 1. The van der Waals surface area contributed by atoms with E-state index in [1.54, 1.807) is 0 Å². The maximum Gasteiger partial charge on any atom is 0.0949 e. The minimum Gasteiger partial charge on any atom is -0.348 e. The van der Waals surface area contributed by atoms with E-state index in [0.717, 1.165) is 11.4 Å². The summed E-state index contributed by atoms with van der Waals surface area (Å²) in [7, 11) is 0. The Hall–Kier alpha value is -3.50. The molecule has 1 aliphatic rings. The van der Waals surface area contributed by atoms with Gasteiger partial charge in [-0.15, -0.1) is 0 Å². The summed E-state index contributed by atoms with van der Waals surface area (Å²) >= 11 is 0. The number of nitrogens with one attached hydrogen (secondary N) is 1. The topological polar surface area (TPSA) is 12.0 Å². The molecule has 4 aromatic carbocycles. The van der Waals surface area contributed by atoms with Crippen LogP contribution < -0.4 is 5.32 Å². The van der Waals surface area contributed by atoms with Crippen molar-refractivity contribution < 1.29 is 0 Å². The largest absolute Gasteiger partial charge is 0.348 e. The number of fused-ring (bicyclic) bond motifs is 2. The van der Waals surface area contributed by atoms with Crippen molar-refractivity contribution in [3.05, 3.63) is 131 Å². The number of rotatable bonds is 2. The Balaban J connectivity index is 1.97. The van der Waals surface area contributed by atoms with Gasteiger partial charge in [0.2, 0.25) is 0 Å². The van der Waals surface area contributed by atoms with Gasteiger partial charge in [0.05, 0.1) is 11.1 Å². The molecule has 1 aliphatic heterocycles. The SMILES string of the molecule is c1ccc2c(c#1)Nc1ccccc1C2(c1ccccc1)c1ccccc1. The molecule has 1 heterocycles. The van der Waals surface area contributed by atoms with Gasteiger partial charge in [-0.1, -0.05) is 84.9 Å². The quantitative estimate of drug-likeness (QED) is 0.436. The molecule has 0 saturated heterocycles. The fourth-order valence-electron chi connectivity index (χ4n) is 4.16. The molecular formula is C25H17N. The highest BCUT2D eigenvalue weighted by molar-refractivity contribution is 5.80. The molecule has 1 nitrogen and oxygen atoms in total. The Kier molecular flexibility index (Phi) is 3.30. The molecular weight excluding hydrogens is 314 g/mol. The molecule has 1 N–H and O–H groups in total. The summed E-state index contributed by atoms with van der Waals surface area (Å²) in [6.07, 6.45) is 0. The molecule has 0 fully saturated rings. The van der Waals surface area contributed by atoms with Crippen molar-refractivity contribution in [1.29, 1.82) is 0 Å². The van der Waals surface area contributed by atoms with E-state index in [0.29, 0.717) is 0 Å². The lowest BCUT2D eigenvalue weighted by Gasteiger charge is -2.41. The summed E-state index contributed by atoms with van der Waals surface area (Å²) < 4.78 is 0. The first-order chi connectivity index (χ1) is 12.9. The molecule has 0 bridgehead atoms. The normalized spacial score (nSPS) is 13.7. The zero-order valence-corrected chi connectivity index (χ0v) is 14.2. The van der Waals surface area contributed by atoms with Crippen molar-refractivity contribution in [2.75, 3.05) is 5.32 Å². The highest BCUT2D eigenvalue weighted by Crippen LogP contribution is 2.52. The van der Waals surface area contributed by atoms with Gasteiger partial charge in [-0.05, 0) is 41.0 Å². The van der Waals surface area contributed by atoms with Gasteiger partial charge >= 0.3 is 0 Å². The van der Waals surface area contributed by atoms with Crippen LogP contribution in [0.15, 0.2) is 97.1 Å². The van der Waals surface area contributed by atoms with Crippen molar-refractivity contribution in [3.63, 3.8) is 0 Å². The van der Waals surface area contributed by atoms with E-state index < -0.39 is 0 Å². The average Bonchev–Trinajstić information content (AvgIpc) is 2.73. The van der Waals surface area contributed by atoms with Crippen LogP contribution >= 0.6 is 0 Å². The third kappa shape index (κ3) is 2.00. The van der Waals surface area contributed by atoms with E-state index >= 15 is 0 Å². The van der Waals surface area contributed by atoms with Crippen molar-refractivity contribution >= 4 is 11.4 Å². The van der Waals surface area contributed by atoms with Crippen LogP contribution in [-0.2, 0) is 5.41 Å². The molecule has 0 radical (unpaired) electrons. The third-order valence-electron chi connectivity index (χ3n) is 5.21. The van der Waals surface area contributed by atoms with Gasteiger partial charge in [-0.2, -0.15) is 0 Å². The number of hydrogen-bond donors (Lipinski definition) is 1. The van der Waals surface area contributed by atoms with E-state index in [1.807, 2.05) is 6.07 Å². The number of para-hydroxylation sites is 1. The molecule has 5 rings (SSSR count). The lowest BCUT2D eigenvalue weighted by atomic mass is 9.63. The second-order valence-corrected chi connectivity index (χ2v) is 6.54. The lowest BCUT2D eigenvalue weighted by Crippen LogP contribution is -2.35. The highest BCUT2D eigenvalue weighted by atomic mass is 14.9. The van der Waals surface area contributed by atoms with E-state index in [4.69, 9.17) is 0 Å². The van der Waals surface area contributed by atoms with Gasteiger partial charge in [0.1, 0.15) is 0 Å². The van der Waals surface area contributed by atoms with Gasteiger partial charge in [-0.25, -0.2) is 0 Å². The smallest absolute Gasteiger partial charge is 0.0949 e. The molecule has 26 heavy (non-hydrogen) atoms. The van der Waals surface area contributed by atoms with E-state index in [2.05, 4.69) is 108 Å². The Morgan fingerprint density at radius 2 is 1.23 bits per heavy atom. The molecule has 4 aromatic rings. The first-order valence-electron chi connectivity index (χ1n) is 8.81. The van der Waals surface area contributed by atoms with Crippen LogP contribution in [0.3, 0.4) is 0 Å². The van der Waals surface area contributed by atoms with Crippen LogP contribution in [0.25, 0.3) is 0 Å². The van der Waals surface area contributed by atoms with Gasteiger partial charge in [-0.3, -0.25) is 0 Å². The second-order valence-electron chi connectivity index (χ2n) is 6.54. The molecule has 0 atom stereocenters. The van der Waals surface area contributed by atoms with Crippen molar-refractivity contribution in [2.24, 2.45) is 0 Å². The summed E-state index contributed by atoms with van der Waals surface area (Å²) in [6.45, 7) is 0. The predicted molar refractivity (Wildman–Crippen MR) is 106 cm³/mol. The van der Waals surface area contributed by atoms with E-state index in [-0.39, 0.29) is 5.41 Å². The Labute approximate surface area is 154 Å². The lowest BCUT2D eigenvalue weighted by molar-refractivity contribution is 0.741. The van der Waals surface area contributed by atoms with E-state index in [1.165, 1.54) is 22.3 Å². The Morgan fingerprint density at radius 1 is 0.615 bits per heavy atom. The van der Waals surface area contributed by atoms with Crippen molar-refractivity contribution in [2.45, 2.75) is 5.41 Å². The zero-order chi connectivity index (χ0) is 17.4. The fourth-order valence-corrected chi connectivity index (χ4v) is 4.16. The fraction of sp³-hybridized carbons (Fsp3) is 0.0400. The molecule has 0 amide bonds. The summed E-state index contributed by atoms with van der Waals surface area (Å²) in [4.78, 5) is 0. The average molecular weight is 331 g/mol. The first kappa shape index (κ1) is 14.8. The second kappa shape index (κ2) is 5.79. The highest BCUT2D eigenvalue weighted by Gasteiger charge is 2.43. The van der Waals surface area contributed by atoms with Crippen LogP contribution in [0.1, 0.15) is 22.3 Å². The monoisotopic (exact) mass is 331 g/mol. The van der Waals surface area contributed by atoms with Crippen LogP contribution in [0.5, 0.6) is 0 Å². The third-order valence-corrected chi connectivity index (χ3v) is 5.21. The molecule has 0 aromatic heterocycles. The minimum atomic E-state index is -0.384. The summed E-state index contributed by atoms with van der Waals surface area (Å²) in [5, 5.41) is 3.55. The number of anilines is 2. The first-order valence-corrected chi connectivity index (χ1v) is 8.81. The maximum absolute atomic E-state index is 3.55. The van der Waals surface area contributed by atoms with Crippen LogP contribution in [0.2, 0.25) is 0 Å². The van der Waals surface area contributed by atoms with Crippen LogP contribution in [-0.4, -0.2) is 0 Å². The van der Waals surface area contributed by atoms with Gasteiger partial charge in [0.25, 0.3) is 0 Å². The molecule has 0 spiro atoms. The van der Waals surface area contributed by atoms with E-state index in [9.17, 15) is 0 Å². The minimum absolute atomic E-state index is 0.384. The summed E-state index contributed by atoms with van der Waals surface area (Å²) in [5.41, 5.74) is 6.67.